The molecule has 1 fully saturated rings. The standard InChI is InChI=1S/C23H33N5O2Si/c1-15-10-7-8-11-17(15)24-21(30)28-14-16-18(22(28,2)3)26-27-19(16)25-20(29)23(12-9-13-23)31(4,5)6/h7-8,10-11H,9,12-14H2,1-6H3,(H,24,30)(H2,25,26,27,29). The quantitative estimate of drug-likeness (QED) is 0.572. The molecular formula is C23H33N5O2Si. The summed E-state index contributed by atoms with van der Waals surface area (Å²) < 4.78 is 0. The molecular weight excluding hydrogens is 406 g/mol. The molecule has 2 aromatic rings. The Kier molecular flexibility index (Phi) is 5.03. The molecule has 1 saturated carbocycles. The number of amides is 3. The van der Waals surface area contributed by atoms with Gasteiger partial charge in [-0.05, 0) is 45.2 Å². The van der Waals surface area contributed by atoms with E-state index in [0.29, 0.717) is 12.4 Å². The summed E-state index contributed by atoms with van der Waals surface area (Å²) in [6, 6.07) is 7.56. The number of H-pyrrole nitrogens is 1. The third-order valence-electron chi connectivity index (χ3n) is 7.41. The number of carbonyl (C=O) groups excluding carboxylic acids is 2. The van der Waals surface area contributed by atoms with Crippen LogP contribution in [0.1, 0.15) is 49.9 Å². The summed E-state index contributed by atoms with van der Waals surface area (Å²) >= 11 is 0. The molecule has 1 aliphatic heterocycles. The lowest BCUT2D eigenvalue weighted by molar-refractivity contribution is -0.121. The summed E-state index contributed by atoms with van der Waals surface area (Å²) in [5.74, 6) is 0.650. The summed E-state index contributed by atoms with van der Waals surface area (Å²) in [5.41, 5.74) is 3.01. The zero-order chi connectivity index (χ0) is 22.6. The first-order chi connectivity index (χ1) is 14.5. The van der Waals surface area contributed by atoms with E-state index >= 15 is 0 Å². The third-order valence-corrected chi connectivity index (χ3v) is 11.0. The molecule has 0 saturated heterocycles. The van der Waals surface area contributed by atoms with Crippen LogP contribution in [0.5, 0.6) is 0 Å². The summed E-state index contributed by atoms with van der Waals surface area (Å²) in [6.45, 7) is 13.2. The normalized spacial score (nSPS) is 18.8. The number of hydrogen-bond donors (Lipinski definition) is 3. The van der Waals surface area contributed by atoms with Crippen LogP contribution in [0, 0.1) is 6.92 Å². The lowest BCUT2D eigenvalue weighted by Gasteiger charge is -2.48. The van der Waals surface area contributed by atoms with E-state index in [1.807, 2.05) is 45.0 Å². The van der Waals surface area contributed by atoms with Gasteiger partial charge in [-0.25, -0.2) is 4.79 Å². The molecule has 4 rings (SSSR count). The Morgan fingerprint density at radius 3 is 2.39 bits per heavy atom. The molecule has 1 aromatic heterocycles. The number of rotatable bonds is 4. The van der Waals surface area contributed by atoms with Crippen molar-refractivity contribution in [1.29, 1.82) is 0 Å². The zero-order valence-corrected chi connectivity index (χ0v) is 20.3. The van der Waals surface area contributed by atoms with Crippen molar-refractivity contribution < 1.29 is 9.59 Å². The Hall–Kier alpha value is -2.61. The van der Waals surface area contributed by atoms with Gasteiger partial charge in [0.25, 0.3) is 0 Å². The van der Waals surface area contributed by atoms with Crippen LogP contribution in [0.4, 0.5) is 16.3 Å². The second-order valence-electron chi connectivity index (χ2n) is 10.5. The largest absolute Gasteiger partial charge is 0.322 e. The van der Waals surface area contributed by atoms with E-state index in [1.165, 1.54) is 0 Å². The van der Waals surface area contributed by atoms with Crippen molar-refractivity contribution >= 4 is 31.5 Å². The highest BCUT2D eigenvalue weighted by Gasteiger charge is 2.54. The van der Waals surface area contributed by atoms with Gasteiger partial charge < -0.3 is 15.5 Å². The molecule has 2 aliphatic rings. The number of aromatic amines is 1. The first-order valence-electron chi connectivity index (χ1n) is 11.0. The van der Waals surface area contributed by atoms with E-state index < -0.39 is 13.6 Å². The van der Waals surface area contributed by atoms with Crippen molar-refractivity contribution in [3.63, 3.8) is 0 Å². The molecule has 1 aromatic carbocycles. The number of urea groups is 1. The van der Waals surface area contributed by atoms with Crippen LogP contribution >= 0.6 is 0 Å². The van der Waals surface area contributed by atoms with E-state index in [0.717, 1.165) is 41.8 Å². The van der Waals surface area contributed by atoms with Gasteiger partial charge >= 0.3 is 6.03 Å². The zero-order valence-electron chi connectivity index (χ0n) is 19.3. The van der Waals surface area contributed by atoms with Gasteiger partial charge in [0.1, 0.15) is 0 Å². The monoisotopic (exact) mass is 439 g/mol. The van der Waals surface area contributed by atoms with E-state index in [1.54, 1.807) is 4.90 Å². The molecule has 3 amide bonds. The molecule has 166 valence electrons. The number of aryl methyl sites for hydroxylation is 1. The predicted octanol–water partition coefficient (Wildman–Crippen LogP) is 5.20. The third kappa shape index (κ3) is 3.37. The van der Waals surface area contributed by atoms with Crippen LogP contribution in [0.2, 0.25) is 24.7 Å². The van der Waals surface area contributed by atoms with Crippen molar-refractivity contribution in [1.82, 2.24) is 15.1 Å². The first kappa shape index (κ1) is 21.6. The summed E-state index contributed by atoms with van der Waals surface area (Å²) in [7, 11) is -1.68. The maximum atomic E-state index is 13.3. The van der Waals surface area contributed by atoms with Gasteiger partial charge in [0.15, 0.2) is 5.82 Å². The van der Waals surface area contributed by atoms with Gasteiger partial charge in [-0.15, -0.1) is 0 Å². The van der Waals surface area contributed by atoms with Crippen LogP contribution in [-0.2, 0) is 16.9 Å². The molecule has 2 heterocycles. The Labute approximate surface area is 185 Å². The number of aromatic nitrogens is 2. The molecule has 3 N–H and O–H groups in total. The van der Waals surface area contributed by atoms with Crippen LogP contribution < -0.4 is 10.6 Å². The topological polar surface area (TPSA) is 90.1 Å². The molecule has 0 bridgehead atoms. The maximum absolute atomic E-state index is 13.3. The number of para-hydroxylation sites is 1. The molecule has 8 heteroatoms. The van der Waals surface area contributed by atoms with Gasteiger partial charge in [0.2, 0.25) is 5.91 Å². The minimum absolute atomic E-state index is 0.0906. The maximum Gasteiger partial charge on any atom is 0.322 e. The van der Waals surface area contributed by atoms with Crippen molar-refractivity contribution in [3.05, 3.63) is 41.1 Å². The Bertz CT molecular complexity index is 1030. The van der Waals surface area contributed by atoms with Gasteiger partial charge in [-0.2, -0.15) is 5.10 Å². The highest BCUT2D eigenvalue weighted by Crippen LogP contribution is 2.56. The van der Waals surface area contributed by atoms with E-state index in [-0.39, 0.29) is 17.0 Å². The summed E-state index contributed by atoms with van der Waals surface area (Å²) in [6.07, 6.45) is 3.02. The number of hydrogen-bond acceptors (Lipinski definition) is 3. The Balaban J connectivity index is 1.55. The van der Waals surface area contributed by atoms with E-state index in [9.17, 15) is 9.59 Å². The number of carbonyl (C=O) groups is 2. The fraction of sp³-hybridized carbons (Fsp3) is 0.522. The molecule has 0 radical (unpaired) electrons. The average Bonchev–Trinajstić information content (AvgIpc) is 3.13. The predicted molar refractivity (Wildman–Crippen MR) is 126 cm³/mol. The summed E-state index contributed by atoms with van der Waals surface area (Å²) in [5, 5.41) is 13.4. The van der Waals surface area contributed by atoms with Crippen molar-refractivity contribution in [3.8, 4) is 0 Å². The molecule has 31 heavy (non-hydrogen) atoms. The number of anilines is 2. The van der Waals surface area contributed by atoms with E-state index in [2.05, 4.69) is 40.5 Å². The van der Waals surface area contributed by atoms with E-state index in [4.69, 9.17) is 0 Å². The molecule has 0 unspecified atom stereocenters. The minimum Gasteiger partial charge on any atom is -0.309 e. The number of nitrogens with zero attached hydrogens (tertiary/aromatic N) is 2. The smallest absolute Gasteiger partial charge is 0.309 e. The van der Waals surface area contributed by atoms with Crippen LogP contribution in [0.15, 0.2) is 24.3 Å². The van der Waals surface area contributed by atoms with Crippen molar-refractivity contribution in [2.24, 2.45) is 0 Å². The first-order valence-corrected chi connectivity index (χ1v) is 14.5. The van der Waals surface area contributed by atoms with Crippen LogP contribution in [-0.4, -0.2) is 35.1 Å². The molecule has 0 spiro atoms. The Morgan fingerprint density at radius 1 is 1.13 bits per heavy atom. The number of nitrogens with one attached hydrogen (secondary N) is 3. The second-order valence-corrected chi connectivity index (χ2v) is 15.9. The lowest BCUT2D eigenvalue weighted by Crippen LogP contribution is -2.52. The van der Waals surface area contributed by atoms with Gasteiger partial charge in [0.05, 0.1) is 25.9 Å². The average molecular weight is 440 g/mol. The lowest BCUT2D eigenvalue weighted by atomic mass is 9.83. The summed E-state index contributed by atoms with van der Waals surface area (Å²) in [4.78, 5) is 28.2. The highest BCUT2D eigenvalue weighted by molar-refractivity contribution is 6.83. The fourth-order valence-electron chi connectivity index (χ4n) is 4.92. The number of benzene rings is 1. The van der Waals surface area contributed by atoms with Crippen molar-refractivity contribution in [2.45, 2.75) is 76.8 Å². The molecule has 7 nitrogen and oxygen atoms in total. The van der Waals surface area contributed by atoms with Gasteiger partial charge in [-0.1, -0.05) is 44.3 Å². The van der Waals surface area contributed by atoms with Crippen LogP contribution in [0.3, 0.4) is 0 Å². The second kappa shape index (κ2) is 7.22. The minimum atomic E-state index is -1.68. The fourth-order valence-corrected chi connectivity index (χ4v) is 7.51. The molecule has 1 aliphatic carbocycles. The van der Waals surface area contributed by atoms with Crippen molar-refractivity contribution in [2.75, 3.05) is 10.6 Å². The number of fused-ring (bicyclic) bond motifs is 1. The molecule has 0 atom stereocenters. The Morgan fingerprint density at radius 2 is 1.81 bits per heavy atom. The SMILES string of the molecule is Cc1ccccc1NC(=O)N1Cc2c(NC(=O)C3([Si](C)(C)C)CCC3)n[nH]c2C1(C)C. The highest BCUT2D eigenvalue weighted by atomic mass is 28.3. The van der Waals surface area contributed by atoms with Gasteiger partial charge in [-0.3, -0.25) is 9.89 Å². The van der Waals surface area contributed by atoms with Crippen LogP contribution in [0.25, 0.3) is 0 Å². The van der Waals surface area contributed by atoms with Gasteiger partial charge in [0, 0.05) is 16.3 Å².